The van der Waals surface area contributed by atoms with Crippen LogP contribution in [0.2, 0.25) is 0 Å². The minimum atomic E-state index is -2.84. The number of thioether (sulfide) groups is 1. The van der Waals surface area contributed by atoms with Crippen molar-refractivity contribution in [3.63, 3.8) is 0 Å². The lowest BCUT2D eigenvalue weighted by Crippen LogP contribution is -2.71. The molecule has 0 aliphatic carbocycles. The molecule has 41 heavy (non-hydrogen) atoms. The number of rotatable bonds is 11. The van der Waals surface area contributed by atoms with Gasteiger partial charge in [0, 0.05) is 28.2 Å². The van der Waals surface area contributed by atoms with E-state index in [9.17, 15) is 33.1 Å². The van der Waals surface area contributed by atoms with Gasteiger partial charge in [-0.3, -0.25) is 19.3 Å². The van der Waals surface area contributed by atoms with Gasteiger partial charge in [0.15, 0.2) is 30.2 Å². The molecule has 4 N–H and O–H groups in total. The van der Waals surface area contributed by atoms with Crippen molar-refractivity contribution in [3.8, 4) is 0 Å². The number of alkyl halides is 2. The van der Waals surface area contributed by atoms with Gasteiger partial charge in [-0.25, -0.2) is 13.8 Å². The first kappa shape index (κ1) is 28.4. The van der Waals surface area contributed by atoms with Crippen LogP contribution in [-0.4, -0.2) is 70.0 Å². The van der Waals surface area contributed by atoms with Crippen molar-refractivity contribution in [2.24, 2.45) is 5.16 Å². The summed E-state index contributed by atoms with van der Waals surface area (Å²) in [5, 5.41) is 24.0. The molecule has 0 saturated carbocycles. The molecule has 18 heteroatoms. The second-order valence-corrected chi connectivity index (χ2v) is 11.4. The minimum absolute atomic E-state index is 0.0388. The largest absolute Gasteiger partial charge is 0.543 e. The van der Waals surface area contributed by atoms with Crippen molar-refractivity contribution in [2.75, 3.05) is 23.4 Å². The molecule has 0 aromatic carbocycles. The van der Waals surface area contributed by atoms with Crippen LogP contribution in [0.25, 0.3) is 10.2 Å². The highest BCUT2D eigenvalue weighted by Gasteiger charge is 2.53. The Hall–Kier alpha value is -4.16. The van der Waals surface area contributed by atoms with Crippen LogP contribution >= 0.6 is 34.4 Å². The number of fused-ring (bicyclic) bond motifs is 2. The highest BCUT2D eigenvalue weighted by Crippen LogP contribution is 2.40. The highest BCUT2D eigenvalue weighted by molar-refractivity contribution is 8.00. The van der Waals surface area contributed by atoms with Crippen LogP contribution in [0.5, 0.6) is 0 Å². The Labute approximate surface area is 241 Å². The number of thiophene rings is 1. The SMILES string of the molecule is Nc1nc(/C(=N/OCC(F)F)C(=O)NC2C(=O)N3C(C(=O)[O-])=C(C[n+]4cccc5c(NC=O)csc54)CS[C@H]23)cs1. The fraction of sp³-hybridized carbons (Fsp3) is 0.261. The molecular weight excluding hydrogens is 604 g/mol. The van der Waals surface area contributed by atoms with E-state index in [4.69, 9.17) is 5.73 Å². The average Bonchev–Trinajstić information content (AvgIpc) is 3.56. The van der Waals surface area contributed by atoms with Crippen LogP contribution in [0.1, 0.15) is 5.69 Å². The van der Waals surface area contributed by atoms with Crippen molar-refractivity contribution in [1.29, 1.82) is 0 Å². The van der Waals surface area contributed by atoms with Crippen molar-refractivity contribution >= 4 is 85.4 Å². The lowest BCUT2D eigenvalue weighted by atomic mass is 10.0. The van der Waals surface area contributed by atoms with E-state index >= 15 is 0 Å². The summed E-state index contributed by atoms with van der Waals surface area (Å²) in [6.45, 7) is -0.939. The zero-order valence-corrected chi connectivity index (χ0v) is 23.1. The van der Waals surface area contributed by atoms with Gasteiger partial charge in [0.1, 0.15) is 17.1 Å². The molecule has 3 aromatic rings. The number of nitrogens with zero attached hydrogens (tertiary/aromatic N) is 4. The zero-order chi connectivity index (χ0) is 29.3. The van der Waals surface area contributed by atoms with E-state index in [2.05, 4.69) is 25.6 Å². The lowest BCUT2D eigenvalue weighted by Gasteiger charge is -2.50. The normalized spacial score (nSPS) is 18.8. The van der Waals surface area contributed by atoms with E-state index < -0.39 is 47.9 Å². The predicted molar refractivity (Wildman–Crippen MR) is 144 cm³/mol. The molecule has 2 aliphatic heterocycles. The van der Waals surface area contributed by atoms with E-state index in [1.165, 1.54) is 28.5 Å². The van der Waals surface area contributed by atoms with Crippen molar-refractivity contribution in [2.45, 2.75) is 24.4 Å². The van der Waals surface area contributed by atoms with Gasteiger partial charge >= 0.3 is 0 Å². The molecule has 13 nitrogen and oxygen atoms in total. The quantitative estimate of drug-likeness (QED) is 0.0862. The molecule has 1 unspecified atom stereocenters. The summed E-state index contributed by atoms with van der Waals surface area (Å²) in [7, 11) is 0. The topological polar surface area (TPSA) is 183 Å². The highest BCUT2D eigenvalue weighted by atomic mass is 32.2. The van der Waals surface area contributed by atoms with Crippen molar-refractivity contribution < 1.29 is 42.5 Å². The molecule has 3 amide bonds. The third-order valence-corrected chi connectivity index (χ3v) is 9.08. The molecule has 1 saturated heterocycles. The monoisotopic (exact) mass is 623 g/mol. The standard InChI is InChI=1S/C23H19F2N7O6S3/c24-14(25)5-38-30-15(13-8-41-23(26)28-13)18(34)29-16-19(35)32-17(22(36)37)10(6-39-21(16)32)4-31-3-1-2-11-12(27-9-33)7-40-20(11)31/h1-3,7-9,14,16,21H,4-6H2,(H4-,26,27,28,29,33,34,36,37)/b30-15-/t16?,21-/m1/s1. The number of anilines is 2. The third kappa shape index (κ3) is 5.57. The number of amides is 3. The summed E-state index contributed by atoms with van der Waals surface area (Å²) in [4.78, 5) is 59.6. The second kappa shape index (κ2) is 11.8. The maximum absolute atomic E-state index is 13.1. The van der Waals surface area contributed by atoms with Gasteiger partial charge in [0.2, 0.25) is 6.41 Å². The number of hydrogen-bond acceptors (Lipinski definition) is 12. The van der Waals surface area contributed by atoms with Crippen LogP contribution in [-0.2, 0) is 30.6 Å². The molecule has 1 fully saturated rings. The Kier molecular flexibility index (Phi) is 8.13. The Morgan fingerprint density at radius 1 is 1.37 bits per heavy atom. The minimum Gasteiger partial charge on any atom is -0.543 e. The predicted octanol–water partition coefficient (Wildman–Crippen LogP) is -0.114. The van der Waals surface area contributed by atoms with E-state index in [1.54, 1.807) is 22.2 Å². The average molecular weight is 624 g/mol. The molecule has 214 valence electrons. The summed E-state index contributed by atoms with van der Waals surface area (Å²) in [5.41, 5.74) is 5.84. The van der Waals surface area contributed by atoms with Crippen LogP contribution in [0, 0.1) is 0 Å². The number of hydrogen-bond donors (Lipinski definition) is 3. The Balaban J connectivity index is 1.36. The van der Waals surface area contributed by atoms with E-state index in [0.717, 1.165) is 26.5 Å². The van der Waals surface area contributed by atoms with Crippen molar-refractivity contribution in [1.82, 2.24) is 15.2 Å². The number of carbonyl (C=O) groups excluding carboxylic acids is 4. The maximum atomic E-state index is 13.1. The number of carbonyl (C=O) groups is 4. The summed E-state index contributed by atoms with van der Waals surface area (Å²) in [6.07, 6.45) is -0.521. The first-order valence-electron chi connectivity index (χ1n) is 11.7. The number of aliphatic carboxylic acids is 1. The Morgan fingerprint density at radius 3 is 2.85 bits per heavy atom. The number of nitrogen functional groups attached to an aromatic ring is 1. The van der Waals surface area contributed by atoms with Gasteiger partial charge in [-0.15, -0.1) is 23.1 Å². The van der Waals surface area contributed by atoms with Gasteiger partial charge in [0.05, 0.1) is 22.7 Å². The fourth-order valence-electron chi connectivity index (χ4n) is 4.32. The smallest absolute Gasteiger partial charge is 0.276 e. The molecule has 0 spiro atoms. The molecule has 0 radical (unpaired) electrons. The first-order valence-corrected chi connectivity index (χ1v) is 14.5. The zero-order valence-electron chi connectivity index (χ0n) is 20.6. The molecule has 5 rings (SSSR count). The summed E-state index contributed by atoms with van der Waals surface area (Å²) in [5.74, 6) is -2.98. The Morgan fingerprint density at radius 2 is 2.17 bits per heavy atom. The summed E-state index contributed by atoms with van der Waals surface area (Å²) < 4.78 is 26.9. The summed E-state index contributed by atoms with van der Waals surface area (Å²) in [6, 6.07) is 2.43. The lowest BCUT2D eigenvalue weighted by molar-refractivity contribution is -0.661. The molecule has 0 bridgehead atoms. The number of pyridine rings is 1. The molecular formula is C23H19F2N7O6S3. The molecule has 2 aliphatic rings. The van der Waals surface area contributed by atoms with Crippen LogP contribution in [0.3, 0.4) is 0 Å². The number of oxime groups is 1. The van der Waals surface area contributed by atoms with Gasteiger partial charge in [0.25, 0.3) is 23.1 Å². The molecule has 3 aromatic heterocycles. The molecule has 5 heterocycles. The van der Waals surface area contributed by atoms with Crippen LogP contribution in [0.15, 0.2) is 45.5 Å². The van der Waals surface area contributed by atoms with E-state index in [1.807, 2.05) is 6.07 Å². The van der Waals surface area contributed by atoms with Gasteiger partial charge < -0.3 is 31.1 Å². The number of carboxylic acid groups (broad SMARTS) is 1. The van der Waals surface area contributed by atoms with E-state index in [0.29, 0.717) is 17.7 Å². The fourth-order valence-corrected chi connectivity index (χ4v) is 7.19. The number of halogens is 2. The van der Waals surface area contributed by atoms with Crippen LogP contribution in [0.4, 0.5) is 19.6 Å². The van der Waals surface area contributed by atoms with Gasteiger partial charge in [-0.1, -0.05) is 16.5 Å². The second-order valence-electron chi connectivity index (χ2n) is 8.56. The summed E-state index contributed by atoms with van der Waals surface area (Å²) >= 11 is 3.57. The van der Waals surface area contributed by atoms with E-state index in [-0.39, 0.29) is 28.8 Å². The third-order valence-electron chi connectivity index (χ3n) is 6.04. The van der Waals surface area contributed by atoms with Gasteiger partial charge in [-0.2, -0.15) is 4.57 Å². The molecule has 2 atom stereocenters. The van der Waals surface area contributed by atoms with Crippen molar-refractivity contribution in [3.05, 3.63) is 46.1 Å². The number of thiazole rings is 1. The maximum Gasteiger partial charge on any atom is 0.276 e. The number of carboxylic acids is 1. The number of aromatic nitrogens is 2. The van der Waals surface area contributed by atoms with Gasteiger partial charge in [-0.05, 0) is 6.07 Å². The number of nitrogens with two attached hydrogens (primary N) is 1. The first-order chi connectivity index (χ1) is 19.7. The number of nitrogens with one attached hydrogen (secondary N) is 2. The number of β-lactam (4-membered cyclic amide) rings is 1. The van der Waals surface area contributed by atoms with Crippen LogP contribution < -0.4 is 26.0 Å². The Bertz CT molecular complexity index is 1610.